The van der Waals surface area contributed by atoms with E-state index < -0.39 is 0 Å². The van der Waals surface area contributed by atoms with E-state index in [1.807, 2.05) is 22.6 Å². The number of hydrogen-bond donors (Lipinski definition) is 1. The first kappa shape index (κ1) is 7.01. The molecule has 0 bridgehead atoms. The van der Waals surface area contributed by atoms with Gasteiger partial charge < -0.3 is 4.98 Å². The molecule has 0 amide bonds. The summed E-state index contributed by atoms with van der Waals surface area (Å²) in [6.07, 6.45) is 1.19. The average molecular weight is 256 g/mol. The Labute approximate surface area is 69.6 Å². The van der Waals surface area contributed by atoms with Crippen molar-refractivity contribution in [1.82, 2.24) is 9.97 Å². The van der Waals surface area contributed by atoms with Crippen molar-refractivity contribution in [2.45, 2.75) is 0 Å². The van der Waals surface area contributed by atoms with E-state index in [4.69, 9.17) is 11.6 Å². The summed E-state index contributed by atoms with van der Waals surface area (Å²) >= 11 is 7.42. The van der Waals surface area contributed by atoms with Crippen molar-refractivity contribution in [2.75, 3.05) is 0 Å². The van der Waals surface area contributed by atoms with Crippen LogP contribution in [0.2, 0.25) is 5.15 Å². The number of halogens is 2. The van der Waals surface area contributed by atoms with Crippen LogP contribution in [0, 0.1) is 3.70 Å². The molecule has 0 atom stereocenters. The first-order chi connectivity index (χ1) is 4.20. The molecule has 1 rings (SSSR count). The lowest BCUT2D eigenvalue weighted by Gasteiger charge is -1.89. The zero-order valence-electron chi connectivity index (χ0n) is 4.19. The molecule has 0 aromatic carbocycles. The van der Waals surface area contributed by atoms with Crippen LogP contribution in [-0.4, -0.2) is 9.97 Å². The van der Waals surface area contributed by atoms with E-state index >= 15 is 0 Å². The number of hydrogen-bond acceptors (Lipinski definition) is 2. The zero-order valence-corrected chi connectivity index (χ0v) is 7.10. The summed E-state index contributed by atoms with van der Waals surface area (Å²) in [5, 5.41) is 0.295. The lowest BCUT2D eigenvalue weighted by atomic mass is 10.7. The Balaban J connectivity index is 3.34. The van der Waals surface area contributed by atoms with E-state index in [0.717, 1.165) is 0 Å². The second-order valence-corrected chi connectivity index (χ2v) is 2.75. The van der Waals surface area contributed by atoms with E-state index in [1.165, 1.54) is 6.20 Å². The van der Waals surface area contributed by atoms with Crippen LogP contribution in [0.4, 0.5) is 0 Å². The monoisotopic (exact) mass is 256 g/mol. The average Bonchev–Trinajstić information content (AvgIpc) is 1.80. The first-order valence-corrected chi connectivity index (χ1v) is 3.56. The molecule has 5 heteroatoms. The number of rotatable bonds is 0. The molecule has 1 heterocycles. The van der Waals surface area contributed by atoms with E-state index in [1.54, 1.807) is 0 Å². The largest absolute Gasteiger partial charge is 0.309 e. The molecule has 1 aromatic heterocycles. The first-order valence-electron chi connectivity index (χ1n) is 2.10. The maximum Gasteiger partial charge on any atom is 0.267 e. The minimum absolute atomic E-state index is 0.277. The van der Waals surface area contributed by atoms with Crippen LogP contribution in [0.3, 0.4) is 0 Å². The molecule has 0 radical (unpaired) electrons. The zero-order chi connectivity index (χ0) is 6.85. The van der Waals surface area contributed by atoms with Crippen molar-refractivity contribution in [1.29, 1.82) is 0 Å². The van der Waals surface area contributed by atoms with Gasteiger partial charge in [0.05, 0.1) is 6.20 Å². The quantitative estimate of drug-likeness (QED) is 0.705. The summed E-state index contributed by atoms with van der Waals surface area (Å²) in [7, 11) is 0. The fourth-order valence-corrected chi connectivity index (χ4v) is 0.780. The molecule has 1 aromatic rings. The van der Waals surface area contributed by atoms with E-state index in [-0.39, 0.29) is 5.56 Å². The van der Waals surface area contributed by atoms with Gasteiger partial charge in [0.15, 0.2) is 0 Å². The summed E-state index contributed by atoms with van der Waals surface area (Å²) in [6, 6.07) is 0. The highest BCUT2D eigenvalue weighted by atomic mass is 127. The maximum atomic E-state index is 10.4. The fraction of sp³-hybridized carbons (Fsp3) is 0. The van der Waals surface area contributed by atoms with Gasteiger partial charge in [-0.15, -0.1) is 0 Å². The van der Waals surface area contributed by atoms with Gasteiger partial charge in [-0.2, -0.15) is 0 Å². The minimum Gasteiger partial charge on any atom is -0.309 e. The van der Waals surface area contributed by atoms with Crippen LogP contribution >= 0.6 is 34.2 Å². The molecule has 0 saturated carbocycles. The van der Waals surface area contributed by atoms with E-state index in [0.29, 0.717) is 8.85 Å². The molecule has 0 unspecified atom stereocenters. The van der Waals surface area contributed by atoms with Crippen molar-refractivity contribution < 1.29 is 0 Å². The highest BCUT2D eigenvalue weighted by molar-refractivity contribution is 14.1. The van der Waals surface area contributed by atoms with Crippen LogP contribution in [0.15, 0.2) is 11.0 Å². The molecule has 0 aliphatic carbocycles. The molecule has 0 aliphatic heterocycles. The van der Waals surface area contributed by atoms with Crippen LogP contribution in [0.5, 0.6) is 0 Å². The Kier molecular flexibility index (Phi) is 2.07. The molecule has 0 spiro atoms. The van der Waals surface area contributed by atoms with Gasteiger partial charge in [0.1, 0.15) is 8.85 Å². The van der Waals surface area contributed by atoms with Crippen LogP contribution in [0.25, 0.3) is 0 Å². The van der Waals surface area contributed by atoms with Crippen molar-refractivity contribution in [2.24, 2.45) is 0 Å². The smallest absolute Gasteiger partial charge is 0.267 e. The van der Waals surface area contributed by atoms with Crippen LogP contribution < -0.4 is 5.56 Å². The third kappa shape index (κ3) is 1.65. The molecular formula is C4H2ClIN2O. The van der Waals surface area contributed by atoms with Gasteiger partial charge in [-0.25, -0.2) is 4.98 Å². The standard InChI is InChI=1S/C4H2ClIN2O/c5-3-4(6)7-1-2(9)8-3/h1H,(H,8,9). The summed E-state index contributed by atoms with van der Waals surface area (Å²) < 4.78 is 0.605. The van der Waals surface area contributed by atoms with Crippen molar-refractivity contribution >= 4 is 34.2 Å². The van der Waals surface area contributed by atoms with E-state index in [9.17, 15) is 4.79 Å². The minimum atomic E-state index is -0.277. The molecule has 48 valence electrons. The summed E-state index contributed by atoms with van der Waals surface area (Å²) in [5.74, 6) is 0. The lowest BCUT2D eigenvalue weighted by molar-refractivity contribution is 1.11. The van der Waals surface area contributed by atoms with Crippen molar-refractivity contribution in [3.05, 3.63) is 25.4 Å². The predicted octanol–water partition coefficient (Wildman–Crippen LogP) is 1.03. The van der Waals surface area contributed by atoms with Gasteiger partial charge in [0, 0.05) is 0 Å². The molecule has 3 nitrogen and oxygen atoms in total. The van der Waals surface area contributed by atoms with Crippen molar-refractivity contribution in [3.8, 4) is 0 Å². The number of H-pyrrole nitrogens is 1. The van der Waals surface area contributed by atoms with Crippen molar-refractivity contribution in [3.63, 3.8) is 0 Å². The van der Waals surface area contributed by atoms with Gasteiger partial charge in [-0.1, -0.05) is 11.6 Å². The fourth-order valence-electron chi connectivity index (χ4n) is 0.364. The van der Waals surface area contributed by atoms with Crippen LogP contribution in [-0.2, 0) is 0 Å². The second kappa shape index (κ2) is 2.66. The molecule has 9 heavy (non-hydrogen) atoms. The number of aromatic nitrogens is 2. The molecular weight excluding hydrogens is 254 g/mol. The third-order valence-corrected chi connectivity index (χ3v) is 2.12. The topological polar surface area (TPSA) is 45.8 Å². The molecule has 0 saturated heterocycles. The van der Waals surface area contributed by atoms with E-state index in [2.05, 4.69) is 9.97 Å². The summed E-state index contributed by atoms with van der Waals surface area (Å²) in [6.45, 7) is 0. The Morgan fingerprint density at radius 2 is 2.44 bits per heavy atom. The maximum absolute atomic E-state index is 10.4. The molecule has 0 fully saturated rings. The van der Waals surface area contributed by atoms with Gasteiger partial charge in [-0.3, -0.25) is 4.79 Å². The summed E-state index contributed by atoms with van der Waals surface area (Å²) in [4.78, 5) is 16.5. The second-order valence-electron chi connectivity index (χ2n) is 1.35. The Bertz CT molecular complexity index is 272. The number of nitrogens with one attached hydrogen (secondary N) is 1. The van der Waals surface area contributed by atoms with Crippen LogP contribution in [0.1, 0.15) is 0 Å². The van der Waals surface area contributed by atoms with Gasteiger partial charge >= 0.3 is 0 Å². The Morgan fingerprint density at radius 1 is 1.78 bits per heavy atom. The van der Waals surface area contributed by atoms with Gasteiger partial charge in [-0.05, 0) is 22.6 Å². The highest BCUT2D eigenvalue weighted by Crippen LogP contribution is 2.07. The van der Waals surface area contributed by atoms with Gasteiger partial charge in [0.2, 0.25) is 0 Å². The lowest BCUT2D eigenvalue weighted by Crippen LogP contribution is -2.06. The predicted molar refractivity (Wildman–Crippen MR) is 42.6 cm³/mol. The highest BCUT2D eigenvalue weighted by Gasteiger charge is 1.94. The SMILES string of the molecule is O=c1cnc(I)c(Cl)[nH]1. The molecule has 0 aliphatic rings. The Hall–Kier alpha value is -0.100. The summed E-state index contributed by atoms with van der Waals surface area (Å²) in [5.41, 5.74) is -0.277. The number of nitrogens with zero attached hydrogens (tertiary/aromatic N) is 1. The van der Waals surface area contributed by atoms with Gasteiger partial charge in [0.25, 0.3) is 5.56 Å². The number of aromatic amines is 1. The third-order valence-electron chi connectivity index (χ3n) is 0.709. The normalized spacial score (nSPS) is 9.56. The Morgan fingerprint density at radius 3 is 2.89 bits per heavy atom. The molecule has 1 N–H and O–H groups in total.